The first kappa shape index (κ1) is 25.2. The van der Waals surface area contributed by atoms with Crippen molar-refractivity contribution >= 4 is 27.5 Å². The van der Waals surface area contributed by atoms with Crippen LogP contribution < -0.4 is 20.1 Å². The number of carbonyl (C=O) groups is 1. The number of ether oxygens (including phenoxy) is 2. The molecule has 2 heterocycles. The Morgan fingerprint density at radius 1 is 1.22 bits per heavy atom. The molecule has 2 aromatic carbocycles. The van der Waals surface area contributed by atoms with Crippen LogP contribution in [-0.4, -0.2) is 42.5 Å². The van der Waals surface area contributed by atoms with Crippen molar-refractivity contribution in [3.05, 3.63) is 64.7 Å². The van der Waals surface area contributed by atoms with Crippen LogP contribution in [0.4, 0.5) is 20.6 Å². The molecule has 1 N–H and O–H groups in total. The van der Waals surface area contributed by atoms with Gasteiger partial charge >= 0.3 is 11.8 Å². The number of carbonyl (C=O) groups excluding carboxylic acids is 1. The maximum absolute atomic E-state index is 13.6. The van der Waals surface area contributed by atoms with Crippen LogP contribution in [0.5, 0.6) is 5.75 Å². The van der Waals surface area contributed by atoms with Gasteiger partial charge in [-0.05, 0) is 63.2 Å². The standard InChI is InChI=1S/C23H25FN4O7S/c1-23(2,3)35-21(29)25-15-7-10-19-18(11-15)28(36(31,32)17-8-5-14(24)6-9-17)13-16(33-19)12-20-26-27(4)22(30)34-20/h5-11,16H,12-13H2,1-4H3,(H,25,29). The second-order valence-electron chi connectivity index (χ2n) is 9.13. The number of hydrogen-bond acceptors (Lipinski definition) is 8. The van der Waals surface area contributed by atoms with Crippen molar-refractivity contribution in [2.24, 2.45) is 7.05 Å². The molecule has 192 valence electrons. The smallest absolute Gasteiger partial charge is 0.436 e. The Morgan fingerprint density at radius 3 is 2.53 bits per heavy atom. The van der Waals surface area contributed by atoms with Crippen LogP contribution >= 0.6 is 0 Å². The molecule has 0 spiro atoms. The fourth-order valence-electron chi connectivity index (χ4n) is 3.55. The average molecular weight is 521 g/mol. The number of aryl methyl sites for hydroxylation is 1. The van der Waals surface area contributed by atoms with E-state index in [1.165, 1.54) is 25.2 Å². The van der Waals surface area contributed by atoms with Crippen LogP contribution in [0.2, 0.25) is 0 Å². The maximum Gasteiger partial charge on any atom is 0.436 e. The summed E-state index contributed by atoms with van der Waals surface area (Å²) in [6.07, 6.45) is -1.45. The molecule has 0 saturated carbocycles. The van der Waals surface area contributed by atoms with Crippen LogP contribution in [0.1, 0.15) is 26.7 Å². The van der Waals surface area contributed by atoms with E-state index in [1.54, 1.807) is 20.8 Å². The molecule has 1 unspecified atom stereocenters. The first-order valence-corrected chi connectivity index (χ1v) is 12.4. The maximum atomic E-state index is 13.6. The number of nitrogens with one attached hydrogen (secondary N) is 1. The molecular formula is C23H25FN4O7S. The minimum Gasteiger partial charge on any atom is -0.486 e. The third-order valence-corrected chi connectivity index (χ3v) is 6.86. The predicted octanol–water partition coefficient (Wildman–Crippen LogP) is 3.06. The van der Waals surface area contributed by atoms with E-state index < -0.39 is 39.4 Å². The molecule has 11 nitrogen and oxygen atoms in total. The molecule has 1 aliphatic rings. The van der Waals surface area contributed by atoms with Crippen molar-refractivity contribution in [1.29, 1.82) is 0 Å². The first-order valence-electron chi connectivity index (χ1n) is 10.9. The van der Waals surface area contributed by atoms with Crippen molar-refractivity contribution < 1.29 is 31.5 Å². The lowest BCUT2D eigenvalue weighted by molar-refractivity contribution is 0.0636. The summed E-state index contributed by atoms with van der Waals surface area (Å²) in [6, 6.07) is 8.91. The number of aromatic nitrogens is 2. The van der Waals surface area contributed by atoms with Crippen molar-refractivity contribution in [1.82, 2.24) is 9.78 Å². The summed E-state index contributed by atoms with van der Waals surface area (Å²) >= 11 is 0. The number of benzene rings is 2. The number of hydrogen-bond donors (Lipinski definition) is 1. The zero-order chi connectivity index (χ0) is 26.3. The van der Waals surface area contributed by atoms with Gasteiger partial charge in [0.25, 0.3) is 10.0 Å². The van der Waals surface area contributed by atoms with Crippen molar-refractivity contribution in [3.8, 4) is 5.75 Å². The third-order valence-electron chi connectivity index (χ3n) is 5.07. The van der Waals surface area contributed by atoms with E-state index in [-0.39, 0.29) is 40.9 Å². The van der Waals surface area contributed by atoms with Crippen molar-refractivity contribution in [2.45, 2.75) is 43.8 Å². The van der Waals surface area contributed by atoms with E-state index in [0.717, 1.165) is 33.3 Å². The topological polar surface area (TPSA) is 133 Å². The van der Waals surface area contributed by atoms with Gasteiger partial charge < -0.3 is 13.9 Å². The van der Waals surface area contributed by atoms with Crippen molar-refractivity contribution in [3.63, 3.8) is 0 Å². The zero-order valence-corrected chi connectivity index (χ0v) is 20.8. The quantitative estimate of drug-likeness (QED) is 0.543. The Labute approximate surface area is 206 Å². The Morgan fingerprint density at radius 2 is 1.92 bits per heavy atom. The lowest BCUT2D eigenvalue weighted by Gasteiger charge is -2.35. The Bertz CT molecular complexity index is 1440. The summed E-state index contributed by atoms with van der Waals surface area (Å²) in [5.74, 6) is -0.943. The summed E-state index contributed by atoms with van der Waals surface area (Å²) < 4.78 is 59.1. The molecule has 1 aliphatic heterocycles. The van der Waals surface area contributed by atoms with Crippen LogP contribution in [0.15, 0.2) is 56.6 Å². The number of halogens is 1. The fraction of sp³-hybridized carbons (Fsp3) is 0.348. The monoisotopic (exact) mass is 520 g/mol. The van der Waals surface area contributed by atoms with Gasteiger partial charge in [0.1, 0.15) is 23.3 Å². The van der Waals surface area contributed by atoms with Gasteiger partial charge in [-0.3, -0.25) is 9.62 Å². The summed E-state index contributed by atoms with van der Waals surface area (Å²) in [5.41, 5.74) is -0.292. The van der Waals surface area contributed by atoms with Crippen LogP contribution in [0.25, 0.3) is 0 Å². The largest absolute Gasteiger partial charge is 0.486 e. The third kappa shape index (κ3) is 5.51. The molecule has 13 heteroatoms. The van der Waals surface area contributed by atoms with E-state index in [9.17, 15) is 22.4 Å². The lowest BCUT2D eigenvalue weighted by atomic mass is 10.1. The van der Waals surface area contributed by atoms with Gasteiger partial charge in [-0.25, -0.2) is 22.4 Å². The highest BCUT2D eigenvalue weighted by Gasteiger charge is 2.36. The molecule has 1 amide bonds. The van der Waals surface area contributed by atoms with E-state index in [2.05, 4.69) is 10.4 Å². The molecule has 0 fully saturated rings. The van der Waals surface area contributed by atoms with Gasteiger partial charge in [-0.2, -0.15) is 4.68 Å². The van der Waals surface area contributed by atoms with Crippen LogP contribution in [-0.2, 0) is 28.2 Å². The highest BCUT2D eigenvalue weighted by Crippen LogP contribution is 2.39. The number of sulfonamides is 1. The average Bonchev–Trinajstić information content (AvgIpc) is 3.08. The van der Waals surface area contributed by atoms with Crippen LogP contribution in [0, 0.1) is 5.82 Å². The molecular weight excluding hydrogens is 495 g/mol. The lowest BCUT2D eigenvalue weighted by Crippen LogP contribution is -2.44. The Balaban J connectivity index is 1.70. The Hall–Kier alpha value is -3.87. The van der Waals surface area contributed by atoms with Crippen LogP contribution in [0.3, 0.4) is 0 Å². The van der Waals surface area contributed by atoms with Gasteiger partial charge in [0.15, 0.2) is 0 Å². The number of rotatable bonds is 5. The molecule has 0 saturated heterocycles. The minimum absolute atomic E-state index is 0.0167. The highest BCUT2D eigenvalue weighted by atomic mass is 32.2. The number of amides is 1. The molecule has 3 aromatic rings. The summed E-state index contributed by atoms with van der Waals surface area (Å²) in [5, 5.41) is 6.56. The van der Waals surface area contributed by atoms with Gasteiger partial charge in [0.05, 0.1) is 23.5 Å². The molecule has 1 aromatic heterocycles. The van der Waals surface area contributed by atoms with Gasteiger partial charge in [-0.15, -0.1) is 5.10 Å². The number of fused-ring (bicyclic) bond motifs is 1. The van der Waals surface area contributed by atoms with Crippen molar-refractivity contribution in [2.75, 3.05) is 16.2 Å². The summed E-state index contributed by atoms with van der Waals surface area (Å²) in [4.78, 5) is 23.7. The molecule has 0 aliphatic carbocycles. The molecule has 1 atom stereocenters. The van der Waals surface area contributed by atoms with E-state index in [0.29, 0.717) is 0 Å². The summed E-state index contributed by atoms with van der Waals surface area (Å²) in [7, 11) is -2.74. The van der Waals surface area contributed by atoms with E-state index in [4.69, 9.17) is 13.9 Å². The Kier molecular flexibility index (Phi) is 6.52. The first-order chi connectivity index (χ1) is 16.8. The SMILES string of the molecule is Cn1nc(CC2CN(S(=O)(=O)c3ccc(F)cc3)c3cc(NC(=O)OC(C)(C)C)ccc3O2)oc1=O. The number of nitrogens with zero attached hydrogens (tertiary/aromatic N) is 3. The van der Waals surface area contributed by atoms with E-state index >= 15 is 0 Å². The second kappa shape index (κ2) is 9.30. The second-order valence-corrected chi connectivity index (χ2v) is 11.0. The molecule has 4 rings (SSSR count). The predicted molar refractivity (Wildman–Crippen MR) is 127 cm³/mol. The normalized spacial score (nSPS) is 15.7. The molecule has 0 bridgehead atoms. The highest BCUT2D eigenvalue weighted by molar-refractivity contribution is 7.92. The van der Waals surface area contributed by atoms with Gasteiger partial charge in [-0.1, -0.05) is 0 Å². The fourth-order valence-corrected chi connectivity index (χ4v) is 5.05. The van der Waals surface area contributed by atoms with Gasteiger partial charge in [0, 0.05) is 12.7 Å². The minimum atomic E-state index is -4.17. The summed E-state index contributed by atoms with van der Waals surface area (Å²) in [6.45, 7) is 4.99. The molecule has 0 radical (unpaired) electrons. The number of anilines is 2. The van der Waals surface area contributed by atoms with E-state index in [1.807, 2.05) is 0 Å². The van der Waals surface area contributed by atoms with Gasteiger partial charge in [0.2, 0.25) is 5.89 Å². The molecule has 36 heavy (non-hydrogen) atoms. The zero-order valence-electron chi connectivity index (χ0n) is 20.0.